The van der Waals surface area contributed by atoms with E-state index in [1.807, 2.05) is 35.3 Å². The van der Waals surface area contributed by atoms with Crippen molar-refractivity contribution in [2.75, 3.05) is 24.7 Å². The molecule has 0 aromatic heterocycles. The van der Waals surface area contributed by atoms with E-state index in [4.69, 9.17) is 9.47 Å². The van der Waals surface area contributed by atoms with Gasteiger partial charge in [0, 0.05) is 22.0 Å². The molecule has 16 heavy (non-hydrogen) atoms. The zero-order valence-electron chi connectivity index (χ0n) is 9.30. The Morgan fingerprint density at radius 2 is 1.38 bits per heavy atom. The van der Waals surface area contributed by atoms with E-state index < -0.39 is 0 Å². The van der Waals surface area contributed by atoms with Crippen LogP contribution in [0, 0.1) is 0 Å². The molecule has 0 radical (unpaired) electrons. The maximum Gasteiger partial charge on any atom is 0.105 e. The molecule has 3 saturated heterocycles. The van der Waals surface area contributed by atoms with Gasteiger partial charge in [0.25, 0.3) is 0 Å². The highest BCUT2D eigenvalue weighted by atomic mass is 32.2. The minimum absolute atomic E-state index is 0.395. The maximum absolute atomic E-state index is 5.92. The van der Waals surface area contributed by atoms with Gasteiger partial charge in [-0.15, -0.1) is 0 Å². The van der Waals surface area contributed by atoms with Crippen LogP contribution in [0.2, 0.25) is 0 Å². The molecule has 0 amide bonds. The van der Waals surface area contributed by atoms with E-state index in [1.165, 1.54) is 30.8 Å². The largest absolute Gasteiger partial charge is 0.366 e. The van der Waals surface area contributed by atoms with Crippen molar-refractivity contribution >= 4 is 35.3 Å². The fourth-order valence-corrected chi connectivity index (χ4v) is 3.83. The van der Waals surface area contributed by atoms with Gasteiger partial charge in [-0.2, -0.15) is 23.5 Å². The van der Waals surface area contributed by atoms with E-state index >= 15 is 0 Å². The Kier molecular flexibility index (Phi) is 4.31. The van der Waals surface area contributed by atoms with Crippen molar-refractivity contribution in [3.05, 3.63) is 0 Å². The highest BCUT2D eigenvalue weighted by Crippen LogP contribution is 2.37. The predicted molar refractivity (Wildman–Crippen MR) is 73.4 cm³/mol. The quantitative estimate of drug-likeness (QED) is 0.693. The van der Waals surface area contributed by atoms with Crippen molar-refractivity contribution in [2.45, 2.75) is 40.6 Å². The van der Waals surface area contributed by atoms with Gasteiger partial charge in [-0.3, -0.25) is 0 Å². The molecule has 0 aromatic carbocycles. The third-order valence-electron chi connectivity index (χ3n) is 2.92. The Bertz CT molecular complexity index is 209. The summed E-state index contributed by atoms with van der Waals surface area (Å²) in [5.41, 5.74) is 0.790. The third kappa shape index (κ3) is 4.02. The van der Waals surface area contributed by atoms with Crippen LogP contribution < -0.4 is 0 Å². The monoisotopic (exact) mass is 278 g/mol. The molecule has 0 bridgehead atoms. The van der Waals surface area contributed by atoms with E-state index in [0.29, 0.717) is 10.9 Å². The van der Waals surface area contributed by atoms with Crippen LogP contribution in [0.3, 0.4) is 0 Å². The SMILES string of the molecule is C1CC(OCC2CS2)SC(OCC2CS2)C1. The molecule has 4 unspecified atom stereocenters. The first-order valence-electron chi connectivity index (χ1n) is 6.02. The number of thioether (sulfide) groups is 3. The number of hydrogen-bond donors (Lipinski definition) is 0. The summed E-state index contributed by atoms with van der Waals surface area (Å²) in [5.74, 6) is 2.60. The van der Waals surface area contributed by atoms with Crippen LogP contribution in [0.4, 0.5) is 0 Å². The molecule has 92 valence electrons. The first-order chi connectivity index (χ1) is 7.90. The summed E-state index contributed by atoms with van der Waals surface area (Å²) in [6.07, 6.45) is 3.68. The molecule has 0 aromatic rings. The zero-order chi connectivity index (χ0) is 10.8. The molecule has 3 aliphatic rings. The maximum atomic E-state index is 5.92. The van der Waals surface area contributed by atoms with Crippen molar-refractivity contribution in [1.29, 1.82) is 0 Å². The lowest BCUT2D eigenvalue weighted by molar-refractivity contribution is 0.0732. The first-order valence-corrected chi connectivity index (χ1v) is 9.06. The van der Waals surface area contributed by atoms with Crippen molar-refractivity contribution in [2.24, 2.45) is 0 Å². The van der Waals surface area contributed by atoms with Gasteiger partial charge < -0.3 is 9.47 Å². The Morgan fingerprint density at radius 1 is 0.875 bits per heavy atom. The highest BCUT2D eigenvalue weighted by molar-refractivity contribution is 8.07. The fourth-order valence-electron chi connectivity index (χ4n) is 1.76. The molecule has 0 aliphatic carbocycles. The molecule has 5 heteroatoms. The second-order valence-corrected chi connectivity index (χ2v) is 8.49. The smallest absolute Gasteiger partial charge is 0.105 e. The van der Waals surface area contributed by atoms with Gasteiger partial charge in [0.2, 0.25) is 0 Å². The van der Waals surface area contributed by atoms with Crippen molar-refractivity contribution in [1.82, 2.24) is 0 Å². The van der Waals surface area contributed by atoms with Crippen molar-refractivity contribution in [3.8, 4) is 0 Å². The van der Waals surface area contributed by atoms with Crippen LogP contribution in [-0.4, -0.2) is 46.1 Å². The Labute approximate surface area is 110 Å². The summed E-state index contributed by atoms with van der Waals surface area (Å²) in [7, 11) is 0. The zero-order valence-corrected chi connectivity index (χ0v) is 11.7. The summed E-state index contributed by atoms with van der Waals surface area (Å²) >= 11 is 5.93. The normalized spacial score (nSPS) is 42.0. The molecule has 0 spiro atoms. The molecule has 2 nitrogen and oxygen atoms in total. The van der Waals surface area contributed by atoms with E-state index in [0.717, 1.165) is 23.7 Å². The molecule has 3 heterocycles. The minimum atomic E-state index is 0.395. The molecular formula is C11H18O2S3. The standard InChI is InChI=1S/C11H18O2S3/c1-2-10(12-4-8-6-14-8)16-11(3-1)13-5-9-7-15-9/h8-11H,1-7H2. The molecule has 3 aliphatic heterocycles. The average molecular weight is 278 g/mol. The van der Waals surface area contributed by atoms with Gasteiger partial charge in [0.15, 0.2) is 0 Å². The van der Waals surface area contributed by atoms with Crippen LogP contribution in [0.25, 0.3) is 0 Å². The van der Waals surface area contributed by atoms with E-state index in [2.05, 4.69) is 0 Å². The molecule has 0 N–H and O–H groups in total. The minimum Gasteiger partial charge on any atom is -0.366 e. The van der Waals surface area contributed by atoms with Crippen LogP contribution in [0.15, 0.2) is 0 Å². The highest BCUT2D eigenvalue weighted by Gasteiger charge is 2.29. The lowest BCUT2D eigenvalue weighted by atomic mass is 10.2. The van der Waals surface area contributed by atoms with Gasteiger partial charge in [-0.25, -0.2) is 0 Å². The lowest BCUT2D eigenvalue weighted by Crippen LogP contribution is -2.24. The second kappa shape index (κ2) is 5.74. The summed E-state index contributed by atoms with van der Waals surface area (Å²) in [5, 5.41) is 1.59. The molecular weight excluding hydrogens is 260 g/mol. The molecule has 0 saturated carbocycles. The van der Waals surface area contributed by atoms with E-state index in [-0.39, 0.29) is 0 Å². The fraction of sp³-hybridized carbons (Fsp3) is 1.00. The van der Waals surface area contributed by atoms with Crippen LogP contribution >= 0.6 is 35.3 Å². The average Bonchev–Trinajstić information content (AvgIpc) is 3.17. The summed E-state index contributed by atoms with van der Waals surface area (Å²) in [4.78, 5) is 0. The Balaban J connectivity index is 1.34. The van der Waals surface area contributed by atoms with Crippen LogP contribution in [-0.2, 0) is 9.47 Å². The van der Waals surface area contributed by atoms with Crippen LogP contribution in [0.1, 0.15) is 19.3 Å². The first kappa shape index (κ1) is 12.0. The molecule has 3 fully saturated rings. The van der Waals surface area contributed by atoms with Gasteiger partial charge in [0.1, 0.15) is 10.9 Å². The number of rotatable bonds is 6. The number of ether oxygens (including phenoxy) is 2. The summed E-state index contributed by atoms with van der Waals surface area (Å²) < 4.78 is 11.8. The Morgan fingerprint density at radius 3 is 1.81 bits per heavy atom. The van der Waals surface area contributed by atoms with Crippen LogP contribution in [0.5, 0.6) is 0 Å². The van der Waals surface area contributed by atoms with Gasteiger partial charge >= 0.3 is 0 Å². The molecule has 4 atom stereocenters. The van der Waals surface area contributed by atoms with Crippen molar-refractivity contribution < 1.29 is 9.47 Å². The van der Waals surface area contributed by atoms with Gasteiger partial charge in [-0.1, -0.05) is 11.8 Å². The predicted octanol–water partition coefficient (Wildman–Crippen LogP) is 2.82. The summed E-state index contributed by atoms with van der Waals surface area (Å²) in [6, 6.07) is 0. The lowest BCUT2D eigenvalue weighted by Gasteiger charge is -2.28. The third-order valence-corrected chi connectivity index (χ3v) is 6.16. The Hall–Kier alpha value is 0.970. The second-order valence-electron chi connectivity index (χ2n) is 4.50. The van der Waals surface area contributed by atoms with Gasteiger partial charge in [-0.05, 0) is 19.3 Å². The summed E-state index contributed by atoms with van der Waals surface area (Å²) in [6.45, 7) is 1.90. The van der Waals surface area contributed by atoms with Crippen molar-refractivity contribution in [3.63, 3.8) is 0 Å². The topological polar surface area (TPSA) is 18.5 Å². The van der Waals surface area contributed by atoms with E-state index in [1.54, 1.807) is 0 Å². The van der Waals surface area contributed by atoms with E-state index in [9.17, 15) is 0 Å². The van der Waals surface area contributed by atoms with Gasteiger partial charge in [0.05, 0.1) is 13.2 Å². The molecule has 3 rings (SSSR count). The number of hydrogen-bond acceptors (Lipinski definition) is 5.